The molecule has 132 valence electrons. The van der Waals surface area contributed by atoms with Crippen LogP contribution in [0.5, 0.6) is 0 Å². The fraction of sp³-hybridized carbons (Fsp3) is 0.412. The molecule has 0 spiro atoms. The molecule has 0 unspecified atom stereocenters. The average molecular weight is 476 g/mol. The topological polar surface area (TPSA) is 49.3 Å². The van der Waals surface area contributed by atoms with Crippen LogP contribution in [0.25, 0.3) is 10.6 Å². The molecule has 0 aliphatic carbocycles. The van der Waals surface area contributed by atoms with Gasteiger partial charge in [0, 0.05) is 29.3 Å². The summed E-state index contributed by atoms with van der Waals surface area (Å²) >= 11 is 3.55. The summed E-state index contributed by atoms with van der Waals surface area (Å²) in [6.45, 7) is 6.58. The van der Waals surface area contributed by atoms with Gasteiger partial charge in [0.05, 0.1) is 12.2 Å². The molecule has 24 heavy (non-hydrogen) atoms. The van der Waals surface area contributed by atoms with Gasteiger partial charge in [-0.15, -0.1) is 35.3 Å². The third-order valence-electron chi connectivity index (χ3n) is 3.24. The van der Waals surface area contributed by atoms with Gasteiger partial charge in [-0.05, 0) is 20.1 Å². The van der Waals surface area contributed by atoms with Gasteiger partial charge in [-0.1, -0.05) is 30.3 Å². The number of halogens is 1. The lowest BCUT2D eigenvalue weighted by Gasteiger charge is -2.10. The molecular formula is C17H25IN4S2. The molecule has 0 saturated carbocycles. The Labute approximate surface area is 170 Å². The molecule has 0 fully saturated rings. The fourth-order valence-corrected chi connectivity index (χ4v) is 3.34. The number of nitrogens with zero attached hydrogens (tertiary/aromatic N) is 2. The van der Waals surface area contributed by atoms with Crippen LogP contribution in [0.2, 0.25) is 0 Å². The number of aromatic nitrogens is 1. The Morgan fingerprint density at radius 1 is 1.25 bits per heavy atom. The van der Waals surface area contributed by atoms with E-state index < -0.39 is 0 Å². The van der Waals surface area contributed by atoms with Crippen LogP contribution in [0.15, 0.2) is 35.3 Å². The first-order valence-electron chi connectivity index (χ1n) is 7.77. The summed E-state index contributed by atoms with van der Waals surface area (Å²) in [7, 11) is 0. The Bertz CT molecular complexity index is 629. The number of nitrogens with one attached hydrogen (secondary N) is 2. The van der Waals surface area contributed by atoms with Crippen molar-refractivity contribution in [2.45, 2.75) is 20.4 Å². The molecule has 0 aliphatic rings. The Morgan fingerprint density at radius 2 is 2.00 bits per heavy atom. The summed E-state index contributed by atoms with van der Waals surface area (Å²) in [6.07, 6.45) is 2.11. The van der Waals surface area contributed by atoms with Crippen LogP contribution < -0.4 is 10.6 Å². The van der Waals surface area contributed by atoms with Crippen molar-refractivity contribution >= 4 is 53.0 Å². The van der Waals surface area contributed by atoms with Gasteiger partial charge in [-0.25, -0.2) is 9.98 Å². The highest BCUT2D eigenvalue weighted by atomic mass is 127. The van der Waals surface area contributed by atoms with Crippen molar-refractivity contribution < 1.29 is 0 Å². The summed E-state index contributed by atoms with van der Waals surface area (Å²) in [5.74, 6) is 1.94. The van der Waals surface area contributed by atoms with E-state index in [-0.39, 0.29) is 24.0 Å². The first-order chi connectivity index (χ1) is 11.2. The number of hydrogen-bond acceptors (Lipinski definition) is 4. The molecule has 0 aliphatic heterocycles. The molecule has 4 nitrogen and oxygen atoms in total. The van der Waals surface area contributed by atoms with Gasteiger partial charge in [0.25, 0.3) is 0 Å². The molecule has 2 aromatic rings. The summed E-state index contributed by atoms with van der Waals surface area (Å²) in [5, 5.41) is 7.70. The maximum Gasteiger partial charge on any atom is 0.191 e. The maximum atomic E-state index is 4.69. The number of rotatable bonds is 7. The lowest BCUT2D eigenvalue weighted by atomic mass is 10.2. The van der Waals surface area contributed by atoms with E-state index >= 15 is 0 Å². The predicted molar refractivity (Wildman–Crippen MR) is 119 cm³/mol. The van der Waals surface area contributed by atoms with Gasteiger partial charge in [0.15, 0.2) is 5.96 Å². The lowest BCUT2D eigenvalue weighted by molar-refractivity contribution is 0.844. The van der Waals surface area contributed by atoms with Crippen molar-refractivity contribution in [1.82, 2.24) is 15.6 Å². The largest absolute Gasteiger partial charge is 0.357 e. The molecule has 0 saturated heterocycles. The van der Waals surface area contributed by atoms with Crippen LogP contribution in [0.3, 0.4) is 0 Å². The predicted octanol–water partition coefficient (Wildman–Crippen LogP) is 4.15. The van der Waals surface area contributed by atoms with Gasteiger partial charge >= 0.3 is 0 Å². The third-order valence-corrected chi connectivity index (χ3v) is 5.04. The van der Waals surface area contributed by atoms with Crippen molar-refractivity contribution in [1.29, 1.82) is 0 Å². The van der Waals surface area contributed by atoms with Crippen LogP contribution in [0, 0.1) is 6.92 Å². The van der Waals surface area contributed by atoms with Gasteiger partial charge in [0.2, 0.25) is 0 Å². The highest BCUT2D eigenvalue weighted by Crippen LogP contribution is 2.28. The Hall–Kier alpha value is -0.800. The zero-order valence-corrected chi connectivity index (χ0v) is 18.3. The second kappa shape index (κ2) is 11.7. The Kier molecular flexibility index (Phi) is 10.4. The highest BCUT2D eigenvalue weighted by molar-refractivity contribution is 14.0. The molecule has 0 amide bonds. The first-order valence-corrected chi connectivity index (χ1v) is 9.98. The first kappa shape index (κ1) is 21.2. The molecule has 2 rings (SSSR count). The van der Waals surface area contributed by atoms with Crippen LogP contribution in [0.1, 0.15) is 17.5 Å². The minimum absolute atomic E-state index is 0. The molecular weight excluding hydrogens is 451 g/mol. The quantitative estimate of drug-likeness (QED) is 0.273. The van der Waals surface area contributed by atoms with E-state index in [0.29, 0.717) is 6.54 Å². The normalized spacial score (nSPS) is 11.0. The van der Waals surface area contributed by atoms with Crippen LogP contribution in [-0.2, 0) is 6.54 Å². The highest BCUT2D eigenvalue weighted by Gasteiger charge is 2.09. The maximum absolute atomic E-state index is 4.69. The monoisotopic (exact) mass is 476 g/mol. The number of guanidine groups is 1. The van der Waals surface area contributed by atoms with Gasteiger partial charge in [-0.2, -0.15) is 11.8 Å². The summed E-state index contributed by atoms with van der Waals surface area (Å²) in [6, 6.07) is 10.3. The number of thiazole rings is 1. The lowest BCUT2D eigenvalue weighted by Crippen LogP contribution is -2.38. The van der Waals surface area contributed by atoms with E-state index in [1.165, 1.54) is 10.4 Å². The average Bonchev–Trinajstić information content (AvgIpc) is 2.95. The van der Waals surface area contributed by atoms with Crippen LogP contribution in [0.4, 0.5) is 0 Å². The molecule has 0 atom stereocenters. The molecule has 7 heteroatoms. The second-order valence-electron chi connectivity index (χ2n) is 5.01. The fourth-order valence-electron chi connectivity index (χ4n) is 2.04. The van der Waals surface area contributed by atoms with E-state index in [9.17, 15) is 0 Å². The number of thioether (sulfide) groups is 1. The molecule has 2 N–H and O–H groups in total. The van der Waals surface area contributed by atoms with Gasteiger partial charge in [-0.3, -0.25) is 0 Å². The summed E-state index contributed by atoms with van der Waals surface area (Å²) < 4.78 is 0. The minimum atomic E-state index is 0. The number of aryl methyl sites for hydroxylation is 1. The second-order valence-corrected chi connectivity index (χ2v) is 7.08. The van der Waals surface area contributed by atoms with Gasteiger partial charge in [0.1, 0.15) is 5.01 Å². The van der Waals surface area contributed by atoms with E-state index in [1.807, 2.05) is 30.0 Å². The zero-order valence-electron chi connectivity index (χ0n) is 14.3. The Morgan fingerprint density at radius 3 is 2.67 bits per heavy atom. The SMILES string of the molecule is CCNC(=NCc1sc(-c2ccccc2)nc1C)NCCSC.I. The standard InChI is InChI=1S/C17H24N4S2.HI/c1-4-18-17(19-10-11-22-3)20-12-15-13(2)21-16(23-15)14-8-6-5-7-9-14;/h5-9H,4,10-12H2,1-3H3,(H2,18,19,20);1H. The zero-order chi connectivity index (χ0) is 16.5. The smallest absolute Gasteiger partial charge is 0.191 e. The van der Waals surface area contributed by atoms with Crippen LogP contribution in [-0.4, -0.2) is 36.0 Å². The molecule has 1 aromatic heterocycles. The molecule has 1 heterocycles. The summed E-state index contributed by atoms with van der Waals surface area (Å²) in [5.41, 5.74) is 2.23. The number of hydrogen-bond donors (Lipinski definition) is 2. The molecule has 0 bridgehead atoms. The van der Waals surface area contributed by atoms with Crippen LogP contribution >= 0.6 is 47.1 Å². The minimum Gasteiger partial charge on any atom is -0.357 e. The number of benzene rings is 1. The van der Waals surface area contributed by atoms with E-state index in [2.05, 4.69) is 52.8 Å². The summed E-state index contributed by atoms with van der Waals surface area (Å²) in [4.78, 5) is 10.6. The van der Waals surface area contributed by atoms with E-state index in [4.69, 9.17) is 0 Å². The van der Waals surface area contributed by atoms with Crippen molar-refractivity contribution in [3.05, 3.63) is 40.9 Å². The molecule has 0 radical (unpaired) electrons. The van der Waals surface area contributed by atoms with E-state index in [1.54, 1.807) is 11.3 Å². The third kappa shape index (κ3) is 6.60. The Balaban J connectivity index is 0.00000288. The van der Waals surface area contributed by atoms with Crippen molar-refractivity contribution in [3.8, 4) is 10.6 Å². The van der Waals surface area contributed by atoms with Crippen molar-refractivity contribution in [2.75, 3.05) is 25.1 Å². The van der Waals surface area contributed by atoms with Crippen molar-refractivity contribution in [2.24, 2.45) is 4.99 Å². The van der Waals surface area contributed by atoms with E-state index in [0.717, 1.165) is 35.5 Å². The molecule has 1 aromatic carbocycles. The van der Waals surface area contributed by atoms with Gasteiger partial charge < -0.3 is 10.6 Å². The number of aliphatic imine (C=N–C) groups is 1. The van der Waals surface area contributed by atoms with Crippen molar-refractivity contribution in [3.63, 3.8) is 0 Å².